The van der Waals surface area contributed by atoms with Crippen LogP contribution >= 0.6 is 0 Å². The van der Waals surface area contributed by atoms with Crippen molar-refractivity contribution in [1.82, 2.24) is 0 Å². The highest BCUT2D eigenvalue weighted by molar-refractivity contribution is 4.74. The van der Waals surface area contributed by atoms with E-state index in [1.807, 2.05) is 41.5 Å². The molecule has 0 aromatic carbocycles. The molecule has 0 radical (unpaired) electrons. The SMILES string of the molecule is CC(C)COCC(C)(COCC(C)N)COCC(C)N.CC(C)COCC(C)N.CC(C)COCCOC(C)COCC(C)N.CCOCCOCN.COCCOCC(C)C. The third kappa shape index (κ3) is 76.6. The summed E-state index contributed by atoms with van der Waals surface area (Å²) in [4.78, 5) is 0. The number of rotatable bonds is 36. The van der Waals surface area contributed by atoms with Crippen LogP contribution in [0.3, 0.4) is 0 Å². The lowest BCUT2D eigenvalue weighted by atomic mass is 9.94. The zero-order valence-corrected chi connectivity index (χ0v) is 43.2. The van der Waals surface area contributed by atoms with Gasteiger partial charge in [0.25, 0.3) is 0 Å². The molecule has 0 amide bonds. The minimum atomic E-state index is -0.168. The van der Waals surface area contributed by atoms with Gasteiger partial charge in [-0.05, 0) is 65.2 Å². The Balaban J connectivity index is -0.000000230. The van der Waals surface area contributed by atoms with Crippen LogP contribution in [0.1, 0.15) is 104 Å². The third-order valence-electron chi connectivity index (χ3n) is 6.79. The van der Waals surface area contributed by atoms with Gasteiger partial charge >= 0.3 is 0 Å². The van der Waals surface area contributed by atoms with Crippen LogP contribution in [-0.4, -0.2) is 170 Å². The van der Waals surface area contributed by atoms with Crippen molar-refractivity contribution in [3.63, 3.8) is 0 Å². The van der Waals surface area contributed by atoms with E-state index in [-0.39, 0.29) is 42.4 Å². The smallest absolute Gasteiger partial charge is 0.0941 e. The van der Waals surface area contributed by atoms with Crippen LogP contribution in [0.4, 0.5) is 0 Å². The second kappa shape index (κ2) is 53.0. The average molecular weight is 906 g/mol. The van der Waals surface area contributed by atoms with Crippen molar-refractivity contribution in [1.29, 1.82) is 0 Å². The van der Waals surface area contributed by atoms with Crippen molar-refractivity contribution in [2.45, 2.75) is 134 Å². The standard InChI is InChI=1S/C15H34N2O3.C12H27NO3.C7H17NO.C7H16O2.C5H13NO2/c1-12(2)6-18-9-15(5,10-19-7-13(3)16)11-20-8-14(4)17;1-10(2)7-14-5-6-16-12(4)9-15-8-11(3)13;1-6(2)4-9-5-7(3)8;1-7(2)6-9-5-4-8-3;1-2-7-3-4-8-5-6/h12-14H,6-11,16-17H2,1-5H3;10-12H,5-9,13H2,1-4H3;6-7H,4-5,8H2,1-3H3;7H,4-6H2,1-3H3;2-6H2,1H3. The predicted molar refractivity (Wildman–Crippen MR) is 257 cm³/mol. The summed E-state index contributed by atoms with van der Waals surface area (Å²) in [5, 5.41) is 0. The molecule has 5 unspecified atom stereocenters. The highest BCUT2D eigenvalue weighted by Crippen LogP contribution is 2.19. The summed E-state index contributed by atoms with van der Waals surface area (Å²) in [6.07, 6.45) is 0.0985. The Kier molecular flexibility index (Phi) is 60.1. The molecule has 0 aliphatic carbocycles. The molecule has 0 rings (SSSR count). The van der Waals surface area contributed by atoms with E-state index in [0.29, 0.717) is 116 Å². The molecular formula is C46H107N5O11. The maximum atomic E-state index is 5.75. The van der Waals surface area contributed by atoms with Crippen LogP contribution in [-0.2, 0) is 52.1 Å². The van der Waals surface area contributed by atoms with Crippen LogP contribution in [0.15, 0.2) is 0 Å². The molecule has 0 bridgehead atoms. The van der Waals surface area contributed by atoms with Gasteiger partial charge in [0.2, 0.25) is 0 Å². The molecule has 0 aliphatic heterocycles. The first-order valence-electron chi connectivity index (χ1n) is 23.1. The lowest BCUT2D eigenvalue weighted by Crippen LogP contribution is -2.37. The zero-order chi connectivity index (χ0) is 48.6. The summed E-state index contributed by atoms with van der Waals surface area (Å²) in [6, 6.07) is 0.340. The molecule has 0 aromatic rings. The lowest BCUT2D eigenvalue weighted by Gasteiger charge is -2.30. The maximum Gasteiger partial charge on any atom is 0.0941 e. The topological polar surface area (TPSA) is 232 Å². The molecule has 0 saturated heterocycles. The van der Waals surface area contributed by atoms with E-state index < -0.39 is 0 Å². The van der Waals surface area contributed by atoms with Gasteiger partial charge in [0, 0.05) is 69.7 Å². The largest absolute Gasteiger partial charge is 0.382 e. The fraction of sp³-hybridized carbons (Fsp3) is 1.00. The van der Waals surface area contributed by atoms with Gasteiger partial charge in [-0.15, -0.1) is 0 Å². The minimum Gasteiger partial charge on any atom is -0.382 e. The van der Waals surface area contributed by atoms with Crippen LogP contribution in [0.25, 0.3) is 0 Å². The summed E-state index contributed by atoms with van der Waals surface area (Å²) in [6.45, 7) is 43.7. The number of nitrogens with two attached hydrogens (primary N) is 5. The molecule has 0 saturated carbocycles. The molecule has 0 aromatic heterocycles. The zero-order valence-electron chi connectivity index (χ0n) is 43.2. The Morgan fingerprint density at radius 3 is 1.08 bits per heavy atom. The van der Waals surface area contributed by atoms with Crippen molar-refractivity contribution in [3.05, 3.63) is 0 Å². The molecule has 16 heteroatoms. The van der Waals surface area contributed by atoms with Crippen molar-refractivity contribution in [3.8, 4) is 0 Å². The molecular weight excluding hydrogens is 799 g/mol. The molecule has 0 aliphatic rings. The molecule has 0 fully saturated rings. The Bertz CT molecular complexity index is 765. The summed E-state index contributed by atoms with van der Waals surface area (Å²) in [5.41, 5.74) is 27.3. The number of ether oxygens (including phenoxy) is 11. The predicted octanol–water partition coefficient (Wildman–Crippen LogP) is 5.09. The van der Waals surface area contributed by atoms with Crippen LogP contribution in [0.5, 0.6) is 0 Å². The van der Waals surface area contributed by atoms with Crippen molar-refractivity contribution in [2.24, 2.45) is 57.8 Å². The van der Waals surface area contributed by atoms with Gasteiger partial charge in [0.15, 0.2) is 0 Å². The number of hydrogen-bond acceptors (Lipinski definition) is 16. The lowest BCUT2D eigenvalue weighted by molar-refractivity contribution is -0.0659. The van der Waals surface area contributed by atoms with E-state index in [0.717, 1.165) is 33.0 Å². The van der Waals surface area contributed by atoms with E-state index >= 15 is 0 Å². The van der Waals surface area contributed by atoms with E-state index in [4.69, 9.17) is 80.8 Å². The molecule has 5 atom stereocenters. The van der Waals surface area contributed by atoms with Gasteiger partial charge < -0.3 is 80.8 Å². The Labute approximate surface area is 382 Å². The minimum absolute atomic E-state index is 0.0424. The normalized spacial score (nSPS) is 14.7. The fourth-order valence-corrected chi connectivity index (χ4v) is 4.04. The second-order valence-corrected chi connectivity index (χ2v) is 18.0. The van der Waals surface area contributed by atoms with E-state index in [1.54, 1.807) is 7.11 Å². The monoisotopic (exact) mass is 906 g/mol. The second-order valence-electron chi connectivity index (χ2n) is 18.0. The molecule has 0 spiro atoms. The quantitative estimate of drug-likeness (QED) is 0.0407. The van der Waals surface area contributed by atoms with Crippen LogP contribution in [0.2, 0.25) is 0 Å². The molecule has 62 heavy (non-hydrogen) atoms. The molecule has 16 nitrogen and oxygen atoms in total. The summed E-state index contributed by atoms with van der Waals surface area (Å²) in [5.74, 6) is 2.34. The summed E-state index contributed by atoms with van der Waals surface area (Å²) in [7, 11) is 1.68. The van der Waals surface area contributed by atoms with E-state index in [1.165, 1.54) is 0 Å². The highest BCUT2D eigenvalue weighted by atomic mass is 16.6. The maximum absolute atomic E-state index is 5.75. The Morgan fingerprint density at radius 1 is 0.387 bits per heavy atom. The highest BCUT2D eigenvalue weighted by Gasteiger charge is 2.26. The van der Waals surface area contributed by atoms with Gasteiger partial charge in [0.05, 0.1) is 105 Å². The third-order valence-corrected chi connectivity index (χ3v) is 6.79. The number of hydrogen-bond donors (Lipinski definition) is 5. The van der Waals surface area contributed by atoms with Gasteiger partial charge in [-0.2, -0.15) is 0 Å². The van der Waals surface area contributed by atoms with Gasteiger partial charge in [0.1, 0.15) is 0 Å². The van der Waals surface area contributed by atoms with E-state index in [9.17, 15) is 0 Å². The molecule has 0 heterocycles. The van der Waals surface area contributed by atoms with Crippen molar-refractivity contribution < 1.29 is 52.1 Å². The fourth-order valence-electron chi connectivity index (χ4n) is 4.04. The number of methoxy groups -OCH3 is 1. The van der Waals surface area contributed by atoms with Crippen molar-refractivity contribution >= 4 is 0 Å². The van der Waals surface area contributed by atoms with Crippen LogP contribution in [0, 0.1) is 29.1 Å². The van der Waals surface area contributed by atoms with Crippen molar-refractivity contribution in [2.75, 3.05) is 139 Å². The van der Waals surface area contributed by atoms with Gasteiger partial charge in [-0.1, -0.05) is 62.3 Å². The molecule has 382 valence electrons. The Hall–Kier alpha value is -0.640. The average Bonchev–Trinajstić information content (AvgIpc) is 3.15. The van der Waals surface area contributed by atoms with E-state index in [2.05, 4.69) is 62.3 Å². The first-order chi connectivity index (χ1) is 29.1. The Morgan fingerprint density at radius 2 is 0.710 bits per heavy atom. The van der Waals surface area contributed by atoms with Crippen LogP contribution < -0.4 is 28.7 Å². The van der Waals surface area contributed by atoms with Gasteiger partial charge in [-0.25, -0.2) is 0 Å². The molecule has 10 N–H and O–H groups in total. The first kappa shape index (κ1) is 70.4. The van der Waals surface area contributed by atoms with Gasteiger partial charge in [-0.3, -0.25) is 0 Å². The summed E-state index contributed by atoms with van der Waals surface area (Å²) >= 11 is 0. The first-order valence-corrected chi connectivity index (χ1v) is 23.1. The summed E-state index contributed by atoms with van der Waals surface area (Å²) < 4.78 is 58.3.